The van der Waals surface area contributed by atoms with Crippen molar-refractivity contribution in [3.63, 3.8) is 0 Å². The third kappa shape index (κ3) is 4.13. The number of nitrogens with one attached hydrogen (secondary N) is 1. The van der Waals surface area contributed by atoms with Gasteiger partial charge in [0.2, 0.25) is 5.91 Å². The van der Waals surface area contributed by atoms with Crippen LogP contribution in [0.2, 0.25) is 0 Å². The second-order valence-electron chi connectivity index (χ2n) is 7.48. The van der Waals surface area contributed by atoms with Crippen LogP contribution in [0.4, 0.5) is 15.8 Å². The number of fused-ring (bicyclic) bond motifs is 1. The molecule has 3 aromatic rings. The maximum Gasteiger partial charge on any atom is 0.269 e. The molecule has 30 heavy (non-hydrogen) atoms. The number of likely N-dealkylation sites (tertiary alicyclic amines) is 1. The average molecular weight is 412 g/mol. The van der Waals surface area contributed by atoms with Crippen molar-refractivity contribution in [3.05, 3.63) is 57.9 Å². The van der Waals surface area contributed by atoms with Crippen molar-refractivity contribution >= 4 is 28.3 Å². The fourth-order valence-corrected chi connectivity index (χ4v) is 3.80. The molecule has 0 bridgehead atoms. The number of nitro benzene ring substituents is 1. The van der Waals surface area contributed by atoms with Gasteiger partial charge in [0.15, 0.2) is 0 Å². The van der Waals surface area contributed by atoms with Gasteiger partial charge in [0.1, 0.15) is 11.3 Å². The number of non-ortho nitro benzene ring substituents is 1. The lowest BCUT2D eigenvalue weighted by Gasteiger charge is -2.31. The minimum atomic E-state index is -0.461. The molecule has 0 aliphatic carbocycles. The number of anilines is 1. The van der Waals surface area contributed by atoms with Gasteiger partial charge in [-0.3, -0.25) is 19.8 Å². The Bertz CT molecular complexity index is 1110. The van der Waals surface area contributed by atoms with Crippen molar-refractivity contribution < 1.29 is 14.1 Å². The normalized spacial score (nSPS) is 15.4. The van der Waals surface area contributed by atoms with Crippen LogP contribution in [0.15, 0.2) is 36.4 Å². The molecule has 1 aliphatic rings. The van der Waals surface area contributed by atoms with Crippen LogP contribution in [0, 0.1) is 22.9 Å². The Morgan fingerprint density at radius 3 is 2.73 bits per heavy atom. The van der Waals surface area contributed by atoms with E-state index in [4.69, 9.17) is 0 Å². The Morgan fingerprint density at radius 1 is 1.27 bits per heavy atom. The Hall–Kier alpha value is -3.40. The number of aryl methyl sites for hydroxylation is 1. The Kier molecular flexibility index (Phi) is 5.40. The number of hydrogen-bond donors (Lipinski definition) is 1. The van der Waals surface area contributed by atoms with Gasteiger partial charge in [0, 0.05) is 37.0 Å². The summed E-state index contributed by atoms with van der Waals surface area (Å²) in [6.07, 6.45) is 1.61. The van der Waals surface area contributed by atoms with Gasteiger partial charge in [-0.25, -0.2) is 9.07 Å². The highest BCUT2D eigenvalue weighted by Crippen LogP contribution is 2.26. The molecule has 1 aliphatic heterocycles. The largest absolute Gasteiger partial charge is 0.325 e. The van der Waals surface area contributed by atoms with Gasteiger partial charge in [-0.05, 0) is 43.5 Å². The van der Waals surface area contributed by atoms with E-state index in [1.54, 1.807) is 19.1 Å². The van der Waals surface area contributed by atoms with Gasteiger partial charge in [0.25, 0.3) is 5.69 Å². The van der Waals surface area contributed by atoms with E-state index in [2.05, 4.69) is 20.5 Å². The highest BCUT2D eigenvalue weighted by atomic mass is 19.1. The summed E-state index contributed by atoms with van der Waals surface area (Å²) in [5.41, 5.74) is 2.56. The van der Waals surface area contributed by atoms with Crippen LogP contribution in [-0.2, 0) is 4.79 Å². The molecule has 1 fully saturated rings. The van der Waals surface area contributed by atoms with Crippen LogP contribution in [0.3, 0.4) is 0 Å². The molecule has 0 saturated carbocycles. The van der Waals surface area contributed by atoms with Gasteiger partial charge < -0.3 is 5.32 Å². The van der Waals surface area contributed by atoms with Crippen molar-refractivity contribution in [1.82, 2.24) is 19.9 Å². The lowest BCUT2D eigenvalue weighted by atomic mass is 10.0. The first-order valence-corrected chi connectivity index (χ1v) is 9.68. The number of nitrogens with zero attached hydrogens (tertiary/aromatic N) is 5. The summed E-state index contributed by atoms with van der Waals surface area (Å²) in [5.74, 6) is -0.495. The molecule has 1 N–H and O–H groups in total. The number of nitro groups is 1. The molecule has 0 unspecified atom stereocenters. The van der Waals surface area contributed by atoms with E-state index >= 15 is 0 Å². The summed E-state index contributed by atoms with van der Waals surface area (Å²) >= 11 is 0. The first-order chi connectivity index (χ1) is 14.4. The van der Waals surface area contributed by atoms with Crippen LogP contribution in [0.1, 0.15) is 24.4 Å². The third-order valence-corrected chi connectivity index (χ3v) is 5.40. The van der Waals surface area contributed by atoms with Gasteiger partial charge in [-0.15, -0.1) is 5.10 Å². The third-order valence-electron chi connectivity index (χ3n) is 5.40. The molecular formula is C20H21FN6O3. The molecule has 0 radical (unpaired) electrons. The van der Waals surface area contributed by atoms with Crippen LogP contribution in [0.5, 0.6) is 0 Å². The van der Waals surface area contributed by atoms with Crippen molar-refractivity contribution in [3.8, 4) is 0 Å². The van der Waals surface area contributed by atoms with E-state index in [-0.39, 0.29) is 30.0 Å². The summed E-state index contributed by atoms with van der Waals surface area (Å²) in [7, 11) is 0. The van der Waals surface area contributed by atoms with Gasteiger partial charge >= 0.3 is 0 Å². The van der Waals surface area contributed by atoms with Crippen LogP contribution in [-0.4, -0.2) is 50.4 Å². The maximum atomic E-state index is 13.3. The van der Waals surface area contributed by atoms with Crippen molar-refractivity contribution in [1.29, 1.82) is 0 Å². The maximum absolute atomic E-state index is 13.3. The molecule has 156 valence electrons. The van der Waals surface area contributed by atoms with Crippen LogP contribution in [0.25, 0.3) is 11.0 Å². The Morgan fingerprint density at radius 2 is 2.03 bits per heavy atom. The van der Waals surface area contributed by atoms with Crippen molar-refractivity contribution in [2.75, 3.05) is 25.0 Å². The number of aromatic nitrogens is 3. The number of carbonyl (C=O) groups is 1. The van der Waals surface area contributed by atoms with E-state index in [9.17, 15) is 19.3 Å². The number of amides is 1. The first-order valence-electron chi connectivity index (χ1n) is 9.68. The fraction of sp³-hybridized carbons (Fsp3) is 0.350. The monoisotopic (exact) mass is 412 g/mol. The average Bonchev–Trinajstić information content (AvgIpc) is 3.13. The standard InChI is InChI=1S/C20H21FN6O3/c1-13-10-16(27(29)30)3-4-17(13)22-20(28)12-25-8-6-15(7-9-25)26-19-5-2-14(21)11-18(19)23-24-26/h2-5,10-11,15H,6-9,12H2,1H3,(H,22,28). The smallest absolute Gasteiger partial charge is 0.269 e. The number of rotatable bonds is 5. The lowest BCUT2D eigenvalue weighted by molar-refractivity contribution is -0.384. The number of halogens is 1. The highest BCUT2D eigenvalue weighted by Gasteiger charge is 2.24. The Balaban J connectivity index is 1.33. The summed E-state index contributed by atoms with van der Waals surface area (Å²) in [6.45, 7) is 3.41. The van der Waals surface area contributed by atoms with Crippen LogP contribution < -0.4 is 5.32 Å². The van der Waals surface area contributed by atoms with Gasteiger partial charge in [-0.2, -0.15) is 0 Å². The zero-order valence-corrected chi connectivity index (χ0v) is 16.4. The zero-order chi connectivity index (χ0) is 21.3. The summed E-state index contributed by atoms with van der Waals surface area (Å²) in [6, 6.07) is 8.99. The van der Waals surface area contributed by atoms with E-state index in [1.807, 2.05) is 4.68 Å². The summed E-state index contributed by atoms with van der Waals surface area (Å²) in [4.78, 5) is 24.9. The topological polar surface area (TPSA) is 106 Å². The minimum absolute atomic E-state index is 0.00375. The molecule has 9 nitrogen and oxygen atoms in total. The minimum Gasteiger partial charge on any atom is -0.325 e. The number of hydrogen-bond acceptors (Lipinski definition) is 6. The number of carbonyl (C=O) groups excluding carboxylic acids is 1. The number of benzene rings is 2. The molecule has 4 rings (SSSR count). The van der Waals surface area contributed by atoms with E-state index < -0.39 is 4.92 Å². The van der Waals surface area contributed by atoms with E-state index in [0.29, 0.717) is 16.8 Å². The predicted molar refractivity (Wildman–Crippen MR) is 109 cm³/mol. The quantitative estimate of drug-likeness (QED) is 0.510. The second kappa shape index (κ2) is 8.15. The highest BCUT2D eigenvalue weighted by molar-refractivity contribution is 5.93. The zero-order valence-electron chi connectivity index (χ0n) is 16.4. The van der Waals surface area contributed by atoms with E-state index in [1.165, 1.54) is 24.3 Å². The van der Waals surface area contributed by atoms with Gasteiger partial charge in [0.05, 0.1) is 23.0 Å². The Labute approximate surface area is 171 Å². The summed E-state index contributed by atoms with van der Waals surface area (Å²) in [5, 5.41) is 21.9. The molecular weight excluding hydrogens is 391 g/mol. The van der Waals surface area contributed by atoms with Crippen LogP contribution >= 0.6 is 0 Å². The first kappa shape index (κ1) is 19.9. The fourth-order valence-electron chi connectivity index (χ4n) is 3.80. The second-order valence-corrected chi connectivity index (χ2v) is 7.48. The molecule has 0 spiro atoms. The molecule has 1 saturated heterocycles. The molecule has 1 aromatic heterocycles. The lowest BCUT2D eigenvalue weighted by Crippen LogP contribution is -2.40. The van der Waals surface area contributed by atoms with Crippen molar-refractivity contribution in [2.45, 2.75) is 25.8 Å². The molecule has 2 aromatic carbocycles. The predicted octanol–water partition coefficient (Wildman–Crippen LogP) is 3.06. The van der Waals surface area contributed by atoms with Gasteiger partial charge in [-0.1, -0.05) is 5.21 Å². The number of piperidine rings is 1. The molecule has 0 atom stereocenters. The SMILES string of the molecule is Cc1cc([N+](=O)[O-])ccc1NC(=O)CN1CCC(n2nnc3cc(F)ccc32)CC1. The van der Waals surface area contributed by atoms with Crippen molar-refractivity contribution in [2.24, 2.45) is 0 Å². The summed E-state index contributed by atoms with van der Waals surface area (Å²) < 4.78 is 15.2. The van der Waals surface area contributed by atoms with E-state index in [0.717, 1.165) is 31.4 Å². The molecule has 2 heterocycles. The molecule has 10 heteroatoms. The molecule has 1 amide bonds.